The third kappa shape index (κ3) is 5.20. The summed E-state index contributed by atoms with van der Waals surface area (Å²) in [7, 11) is 0. The van der Waals surface area contributed by atoms with Crippen LogP contribution in [-0.4, -0.2) is 48.9 Å². The van der Waals surface area contributed by atoms with Crippen molar-refractivity contribution in [3.05, 3.63) is 54.1 Å². The van der Waals surface area contributed by atoms with Crippen molar-refractivity contribution in [2.24, 2.45) is 0 Å². The molecule has 2 aliphatic heterocycles. The zero-order chi connectivity index (χ0) is 19.2. The first kappa shape index (κ1) is 19.2. The molecule has 1 N–H and O–H groups in total. The first-order valence-electron chi connectivity index (χ1n) is 9.84. The van der Waals surface area contributed by atoms with E-state index in [1.54, 1.807) is 0 Å². The summed E-state index contributed by atoms with van der Waals surface area (Å²) in [5.74, 6) is 2.07. The average Bonchev–Trinajstić information content (AvgIpc) is 2.74. The molecule has 0 aromatic heterocycles. The summed E-state index contributed by atoms with van der Waals surface area (Å²) in [6.07, 6.45) is 2.01. The predicted octanol–water partition coefficient (Wildman–Crippen LogP) is 3.33. The number of rotatable bonds is 6. The standard InChI is InChI=1S/C22H26N2O3S/c25-22(16-28-19-6-7-20-21(14-19)27-13-12-26-20)23-18-8-10-24(11-9-18)15-17-4-2-1-3-5-17/h1-7,14,18H,8-13,15-16H2,(H,23,25). The van der Waals surface area contributed by atoms with Gasteiger partial charge in [0.25, 0.3) is 0 Å². The van der Waals surface area contributed by atoms with Gasteiger partial charge < -0.3 is 14.8 Å². The molecule has 0 atom stereocenters. The molecule has 0 spiro atoms. The Labute approximate surface area is 170 Å². The van der Waals surface area contributed by atoms with E-state index < -0.39 is 0 Å². The number of nitrogens with one attached hydrogen (secondary N) is 1. The normalized spacial score (nSPS) is 17.3. The molecule has 0 bridgehead atoms. The second-order valence-corrected chi connectivity index (χ2v) is 8.25. The van der Waals surface area contributed by atoms with Gasteiger partial charge in [0.1, 0.15) is 13.2 Å². The molecule has 5 nitrogen and oxygen atoms in total. The molecular formula is C22H26N2O3S. The van der Waals surface area contributed by atoms with Gasteiger partial charge in [-0.3, -0.25) is 9.69 Å². The van der Waals surface area contributed by atoms with E-state index in [2.05, 4.69) is 34.5 Å². The van der Waals surface area contributed by atoms with Crippen LogP contribution in [0.4, 0.5) is 0 Å². The molecule has 148 valence electrons. The highest BCUT2D eigenvalue weighted by Crippen LogP contribution is 2.34. The summed E-state index contributed by atoms with van der Waals surface area (Å²) in [4.78, 5) is 15.8. The highest BCUT2D eigenvalue weighted by atomic mass is 32.2. The van der Waals surface area contributed by atoms with E-state index in [0.29, 0.717) is 19.0 Å². The van der Waals surface area contributed by atoms with E-state index in [0.717, 1.165) is 48.9 Å². The molecule has 0 aliphatic carbocycles. The Hall–Kier alpha value is -2.18. The van der Waals surface area contributed by atoms with E-state index >= 15 is 0 Å². The fraction of sp³-hybridized carbons (Fsp3) is 0.409. The summed E-state index contributed by atoms with van der Waals surface area (Å²) in [6.45, 7) is 4.20. The highest BCUT2D eigenvalue weighted by Gasteiger charge is 2.21. The predicted molar refractivity (Wildman–Crippen MR) is 111 cm³/mol. The van der Waals surface area contributed by atoms with E-state index in [4.69, 9.17) is 9.47 Å². The SMILES string of the molecule is O=C(CSc1ccc2c(c1)OCCO2)NC1CCN(Cc2ccccc2)CC1. The molecule has 4 rings (SSSR count). The zero-order valence-electron chi connectivity index (χ0n) is 15.9. The van der Waals surface area contributed by atoms with Crippen molar-refractivity contribution < 1.29 is 14.3 Å². The quantitative estimate of drug-likeness (QED) is 0.757. The second kappa shape index (κ2) is 9.34. The number of benzene rings is 2. The van der Waals surface area contributed by atoms with Crippen LogP contribution in [0.1, 0.15) is 18.4 Å². The van der Waals surface area contributed by atoms with Crippen LogP contribution in [0.3, 0.4) is 0 Å². The van der Waals surface area contributed by atoms with Gasteiger partial charge in [-0.25, -0.2) is 0 Å². The van der Waals surface area contributed by atoms with Crippen LogP contribution in [0.5, 0.6) is 11.5 Å². The topological polar surface area (TPSA) is 50.8 Å². The number of nitrogens with zero attached hydrogens (tertiary/aromatic N) is 1. The average molecular weight is 399 g/mol. The lowest BCUT2D eigenvalue weighted by Gasteiger charge is -2.32. The van der Waals surface area contributed by atoms with Gasteiger partial charge in [0.2, 0.25) is 5.91 Å². The molecular weight excluding hydrogens is 372 g/mol. The number of fused-ring (bicyclic) bond motifs is 1. The molecule has 1 amide bonds. The fourth-order valence-electron chi connectivity index (χ4n) is 3.61. The molecule has 2 aromatic carbocycles. The van der Waals surface area contributed by atoms with E-state index in [-0.39, 0.29) is 11.9 Å². The second-order valence-electron chi connectivity index (χ2n) is 7.20. The van der Waals surface area contributed by atoms with Crippen LogP contribution in [0, 0.1) is 0 Å². The third-order valence-electron chi connectivity index (χ3n) is 5.09. The molecule has 1 fully saturated rings. The minimum Gasteiger partial charge on any atom is -0.486 e. The summed E-state index contributed by atoms with van der Waals surface area (Å²) >= 11 is 1.53. The maximum atomic E-state index is 12.3. The van der Waals surface area contributed by atoms with Crippen LogP contribution >= 0.6 is 11.8 Å². The number of likely N-dealkylation sites (tertiary alicyclic amines) is 1. The Balaban J connectivity index is 1.19. The van der Waals surface area contributed by atoms with Gasteiger partial charge in [-0.1, -0.05) is 30.3 Å². The van der Waals surface area contributed by atoms with Crippen molar-refractivity contribution in [1.29, 1.82) is 0 Å². The van der Waals surface area contributed by atoms with Crippen LogP contribution < -0.4 is 14.8 Å². The number of piperidine rings is 1. The molecule has 2 aromatic rings. The van der Waals surface area contributed by atoms with E-state index in [1.165, 1.54) is 17.3 Å². The number of hydrogen-bond acceptors (Lipinski definition) is 5. The third-order valence-corrected chi connectivity index (χ3v) is 6.08. The Morgan fingerprint density at radius 2 is 1.79 bits per heavy atom. The Morgan fingerprint density at radius 3 is 2.57 bits per heavy atom. The molecule has 2 aliphatic rings. The smallest absolute Gasteiger partial charge is 0.230 e. The van der Waals surface area contributed by atoms with Gasteiger partial charge in [0.15, 0.2) is 11.5 Å². The summed E-state index contributed by atoms with van der Waals surface area (Å²) < 4.78 is 11.1. The van der Waals surface area contributed by atoms with Crippen molar-refractivity contribution in [2.45, 2.75) is 30.3 Å². The van der Waals surface area contributed by atoms with Crippen LogP contribution in [0.15, 0.2) is 53.4 Å². The van der Waals surface area contributed by atoms with Crippen LogP contribution in [0.25, 0.3) is 0 Å². The number of amides is 1. The van der Waals surface area contributed by atoms with Crippen molar-refractivity contribution in [3.8, 4) is 11.5 Å². The minimum atomic E-state index is 0.0985. The van der Waals surface area contributed by atoms with Crippen molar-refractivity contribution in [2.75, 3.05) is 32.1 Å². The number of thioether (sulfide) groups is 1. The van der Waals surface area contributed by atoms with E-state index in [1.807, 2.05) is 24.3 Å². The van der Waals surface area contributed by atoms with Gasteiger partial charge in [-0.05, 0) is 36.6 Å². The molecule has 0 saturated carbocycles. The Kier molecular flexibility index (Phi) is 6.39. The van der Waals surface area contributed by atoms with Gasteiger partial charge in [0.05, 0.1) is 5.75 Å². The molecule has 0 unspecified atom stereocenters. The largest absolute Gasteiger partial charge is 0.486 e. The van der Waals surface area contributed by atoms with Gasteiger partial charge >= 0.3 is 0 Å². The number of ether oxygens (including phenoxy) is 2. The maximum absolute atomic E-state index is 12.3. The highest BCUT2D eigenvalue weighted by molar-refractivity contribution is 8.00. The monoisotopic (exact) mass is 398 g/mol. The first-order valence-corrected chi connectivity index (χ1v) is 10.8. The van der Waals surface area contributed by atoms with Gasteiger partial charge in [-0.15, -0.1) is 11.8 Å². The lowest BCUT2D eigenvalue weighted by molar-refractivity contribution is -0.119. The maximum Gasteiger partial charge on any atom is 0.230 e. The lowest BCUT2D eigenvalue weighted by atomic mass is 10.0. The lowest BCUT2D eigenvalue weighted by Crippen LogP contribution is -2.44. The van der Waals surface area contributed by atoms with Gasteiger partial charge in [-0.2, -0.15) is 0 Å². The summed E-state index contributed by atoms with van der Waals surface area (Å²) in [5, 5.41) is 3.19. The van der Waals surface area contributed by atoms with Crippen LogP contribution in [-0.2, 0) is 11.3 Å². The van der Waals surface area contributed by atoms with Crippen molar-refractivity contribution >= 4 is 17.7 Å². The molecule has 0 radical (unpaired) electrons. The number of carbonyl (C=O) groups excluding carboxylic acids is 1. The van der Waals surface area contributed by atoms with Crippen LogP contribution in [0.2, 0.25) is 0 Å². The Bertz CT molecular complexity index is 792. The zero-order valence-corrected chi connectivity index (χ0v) is 16.7. The molecule has 28 heavy (non-hydrogen) atoms. The van der Waals surface area contributed by atoms with Crippen molar-refractivity contribution in [1.82, 2.24) is 10.2 Å². The Morgan fingerprint density at radius 1 is 1.04 bits per heavy atom. The van der Waals surface area contributed by atoms with E-state index in [9.17, 15) is 4.79 Å². The number of hydrogen-bond donors (Lipinski definition) is 1. The fourth-order valence-corrected chi connectivity index (χ4v) is 4.34. The molecule has 6 heteroatoms. The van der Waals surface area contributed by atoms with Gasteiger partial charge in [0, 0.05) is 30.6 Å². The molecule has 2 heterocycles. The summed E-state index contributed by atoms with van der Waals surface area (Å²) in [5.41, 5.74) is 1.35. The first-order chi connectivity index (χ1) is 13.8. The minimum absolute atomic E-state index is 0.0985. The summed E-state index contributed by atoms with van der Waals surface area (Å²) in [6, 6.07) is 16.7. The molecule has 1 saturated heterocycles. The van der Waals surface area contributed by atoms with Crippen molar-refractivity contribution in [3.63, 3.8) is 0 Å². The number of carbonyl (C=O) groups is 1.